The quantitative estimate of drug-likeness (QED) is 0.884. The molecule has 0 amide bonds. The fourth-order valence-electron chi connectivity index (χ4n) is 3.06. The van der Waals surface area contributed by atoms with Crippen molar-refractivity contribution >= 4 is 22.9 Å². The second-order valence-electron chi connectivity index (χ2n) is 5.04. The molecule has 2 nitrogen and oxygen atoms in total. The summed E-state index contributed by atoms with van der Waals surface area (Å²) < 4.78 is 0. The minimum Gasteiger partial charge on any atom is -0.329 e. The summed E-state index contributed by atoms with van der Waals surface area (Å²) in [5.41, 5.74) is 6.02. The summed E-state index contributed by atoms with van der Waals surface area (Å²) in [5, 5.41) is 2.85. The van der Waals surface area contributed by atoms with Gasteiger partial charge in [-0.15, -0.1) is 11.3 Å². The van der Waals surface area contributed by atoms with Gasteiger partial charge in [-0.2, -0.15) is 0 Å². The van der Waals surface area contributed by atoms with Crippen LogP contribution in [0.5, 0.6) is 0 Å². The zero-order chi connectivity index (χ0) is 13.0. The molecule has 1 atom stereocenters. The number of rotatable bonds is 5. The number of halogens is 1. The maximum Gasteiger partial charge on any atom is 0.0567 e. The van der Waals surface area contributed by atoms with E-state index in [9.17, 15) is 0 Å². The van der Waals surface area contributed by atoms with Crippen molar-refractivity contribution in [2.75, 3.05) is 13.1 Å². The molecule has 1 unspecified atom stereocenters. The molecule has 2 N–H and O–H groups in total. The zero-order valence-corrected chi connectivity index (χ0v) is 12.6. The molecular formula is C14H23ClN2S. The Bertz CT molecular complexity index is 360. The van der Waals surface area contributed by atoms with Crippen LogP contribution in [0.15, 0.2) is 11.4 Å². The van der Waals surface area contributed by atoms with E-state index in [1.807, 2.05) is 5.38 Å². The molecule has 1 fully saturated rings. The Morgan fingerprint density at radius 1 is 1.44 bits per heavy atom. The van der Waals surface area contributed by atoms with Crippen LogP contribution in [0.1, 0.15) is 49.9 Å². The number of thiophene rings is 1. The standard InChI is InChI=1S/C14H23ClN2S/c1-2-17(12-6-4-3-5-7-12)13(9-16)14-8-11(15)10-18-14/h8,10,12-13H,2-7,9,16H2,1H3. The fourth-order valence-corrected chi connectivity index (χ4v) is 4.28. The van der Waals surface area contributed by atoms with Crippen LogP contribution in [0.3, 0.4) is 0 Å². The van der Waals surface area contributed by atoms with Crippen LogP contribution < -0.4 is 5.73 Å². The highest BCUT2D eigenvalue weighted by molar-refractivity contribution is 7.10. The molecule has 1 aromatic heterocycles. The highest BCUT2D eigenvalue weighted by atomic mass is 35.5. The minimum atomic E-state index is 0.343. The highest BCUT2D eigenvalue weighted by Gasteiger charge is 2.27. The van der Waals surface area contributed by atoms with Gasteiger partial charge in [0.15, 0.2) is 0 Å². The molecule has 0 saturated heterocycles. The first-order valence-corrected chi connectivity index (χ1v) is 8.21. The second kappa shape index (κ2) is 6.90. The van der Waals surface area contributed by atoms with Gasteiger partial charge in [0.05, 0.1) is 11.1 Å². The zero-order valence-electron chi connectivity index (χ0n) is 11.1. The lowest BCUT2D eigenvalue weighted by Gasteiger charge is -2.38. The Morgan fingerprint density at radius 2 is 2.17 bits per heavy atom. The predicted molar refractivity (Wildman–Crippen MR) is 80.4 cm³/mol. The van der Waals surface area contributed by atoms with Gasteiger partial charge in [-0.05, 0) is 25.5 Å². The lowest BCUT2D eigenvalue weighted by atomic mass is 9.93. The van der Waals surface area contributed by atoms with Gasteiger partial charge in [0.25, 0.3) is 0 Å². The summed E-state index contributed by atoms with van der Waals surface area (Å²) in [6.07, 6.45) is 6.77. The van der Waals surface area contributed by atoms with Crippen LogP contribution in [0.25, 0.3) is 0 Å². The van der Waals surface area contributed by atoms with Crippen molar-refractivity contribution in [3.05, 3.63) is 21.3 Å². The van der Waals surface area contributed by atoms with Gasteiger partial charge in [-0.25, -0.2) is 0 Å². The molecule has 0 radical (unpaired) electrons. The van der Waals surface area contributed by atoms with Crippen LogP contribution in [0.4, 0.5) is 0 Å². The van der Waals surface area contributed by atoms with Gasteiger partial charge in [-0.1, -0.05) is 37.8 Å². The van der Waals surface area contributed by atoms with Gasteiger partial charge in [0.1, 0.15) is 0 Å². The van der Waals surface area contributed by atoms with E-state index in [4.69, 9.17) is 17.3 Å². The Kier molecular flexibility index (Phi) is 5.49. The Labute approximate surface area is 119 Å². The summed E-state index contributed by atoms with van der Waals surface area (Å²) in [6.45, 7) is 4.00. The van der Waals surface area contributed by atoms with Crippen LogP contribution >= 0.6 is 22.9 Å². The van der Waals surface area contributed by atoms with Gasteiger partial charge in [0.2, 0.25) is 0 Å². The van der Waals surface area contributed by atoms with Crippen molar-refractivity contribution in [1.82, 2.24) is 4.90 Å². The third-order valence-electron chi connectivity index (χ3n) is 3.95. The van der Waals surface area contributed by atoms with Crippen molar-refractivity contribution in [3.63, 3.8) is 0 Å². The molecular weight excluding hydrogens is 264 g/mol. The monoisotopic (exact) mass is 286 g/mol. The third kappa shape index (κ3) is 3.27. The van der Waals surface area contributed by atoms with Crippen LogP contribution in [0, 0.1) is 0 Å². The predicted octanol–water partition coefficient (Wildman–Crippen LogP) is 4.06. The van der Waals surface area contributed by atoms with Gasteiger partial charge in [0, 0.05) is 22.8 Å². The van der Waals surface area contributed by atoms with Gasteiger partial charge >= 0.3 is 0 Å². The highest BCUT2D eigenvalue weighted by Crippen LogP contribution is 2.33. The summed E-state index contributed by atoms with van der Waals surface area (Å²) in [6, 6.07) is 3.13. The number of hydrogen-bond donors (Lipinski definition) is 1. The minimum absolute atomic E-state index is 0.343. The Morgan fingerprint density at radius 3 is 2.67 bits per heavy atom. The van der Waals surface area contributed by atoms with Crippen molar-refractivity contribution in [2.45, 2.75) is 51.1 Å². The van der Waals surface area contributed by atoms with E-state index in [-0.39, 0.29) is 0 Å². The van der Waals surface area contributed by atoms with E-state index < -0.39 is 0 Å². The fraction of sp³-hybridized carbons (Fsp3) is 0.714. The largest absolute Gasteiger partial charge is 0.329 e. The van der Waals surface area contributed by atoms with E-state index >= 15 is 0 Å². The first-order valence-electron chi connectivity index (χ1n) is 6.96. The lowest BCUT2D eigenvalue weighted by Crippen LogP contribution is -2.42. The summed E-state index contributed by atoms with van der Waals surface area (Å²) in [5.74, 6) is 0. The normalized spacial score (nSPS) is 19.3. The third-order valence-corrected chi connectivity index (χ3v) is 5.33. The van der Waals surface area contributed by atoms with E-state index in [1.165, 1.54) is 37.0 Å². The maximum absolute atomic E-state index is 6.05. The number of likely N-dealkylation sites (N-methyl/N-ethyl adjacent to an activating group) is 1. The van der Waals surface area contributed by atoms with Crippen molar-refractivity contribution in [1.29, 1.82) is 0 Å². The van der Waals surface area contributed by atoms with Gasteiger partial charge in [-0.3, -0.25) is 4.90 Å². The number of nitrogens with zero attached hydrogens (tertiary/aromatic N) is 1. The summed E-state index contributed by atoms with van der Waals surface area (Å²) >= 11 is 7.78. The maximum atomic E-state index is 6.05. The molecule has 0 bridgehead atoms. The van der Waals surface area contributed by atoms with Crippen LogP contribution in [-0.4, -0.2) is 24.0 Å². The lowest BCUT2D eigenvalue weighted by molar-refractivity contribution is 0.115. The van der Waals surface area contributed by atoms with Crippen molar-refractivity contribution in [3.8, 4) is 0 Å². The Balaban J connectivity index is 2.12. The molecule has 1 aliphatic carbocycles. The molecule has 2 rings (SSSR count). The summed E-state index contributed by atoms with van der Waals surface area (Å²) in [7, 11) is 0. The first-order chi connectivity index (χ1) is 8.76. The summed E-state index contributed by atoms with van der Waals surface area (Å²) in [4.78, 5) is 3.90. The number of hydrogen-bond acceptors (Lipinski definition) is 3. The topological polar surface area (TPSA) is 29.3 Å². The molecule has 0 aromatic carbocycles. The molecule has 0 aliphatic heterocycles. The SMILES string of the molecule is CCN(C1CCCCC1)C(CN)c1cc(Cl)cs1. The van der Waals surface area contributed by atoms with Crippen LogP contribution in [0.2, 0.25) is 5.02 Å². The molecule has 18 heavy (non-hydrogen) atoms. The van der Waals surface area contributed by atoms with E-state index in [1.54, 1.807) is 11.3 Å². The molecule has 4 heteroatoms. The molecule has 1 aromatic rings. The molecule has 102 valence electrons. The second-order valence-corrected chi connectivity index (χ2v) is 6.42. The van der Waals surface area contributed by atoms with E-state index in [2.05, 4.69) is 17.9 Å². The molecule has 0 spiro atoms. The average molecular weight is 287 g/mol. The van der Waals surface area contributed by atoms with E-state index in [0.717, 1.165) is 11.6 Å². The Hall–Kier alpha value is -0.0900. The van der Waals surface area contributed by atoms with Crippen molar-refractivity contribution < 1.29 is 0 Å². The van der Waals surface area contributed by atoms with Crippen molar-refractivity contribution in [2.24, 2.45) is 5.73 Å². The molecule has 1 aliphatic rings. The average Bonchev–Trinajstić information content (AvgIpc) is 2.83. The molecule has 1 saturated carbocycles. The smallest absolute Gasteiger partial charge is 0.0567 e. The van der Waals surface area contributed by atoms with E-state index in [0.29, 0.717) is 18.6 Å². The number of nitrogens with two attached hydrogens (primary N) is 1. The molecule has 1 heterocycles. The first kappa shape index (κ1) is 14.3. The van der Waals surface area contributed by atoms with Crippen LogP contribution in [-0.2, 0) is 0 Å². The van der Waals surface area contributed by atoms with Gasteiger partial charge < -0.3 is 5.73 Å².